The lowest BCUT2D eigenvalue weighted by atomic mass is 9.58. The van der Waals surface area contributed by atoms with Crippen LogP contribution in [0, 0.1) is 5.92 Å². The summed E-state index contributed by atoms with van der Waals surface area (Å²) in [5.74, 6) is 0.632. The molecule has 0 spiro atoms. The topological polar surface area (TPSA) is 26.0 Å². The van der Waals surface area contributed by atoms with Crippen LogP contribution in [-0.4, -0.2) is 7.41 Å². The third-order valence-corrected chi connectivity index (χ3v) is 1.92. The number of rotatable bonds is 2. The second kappa shape index (κ2) is 2.54. The highest BCUT2D eigenvalue weighted by atomic mass is 14.4. The van der Waals surface area contributed by atoms with E-state index in [2.05, 4.69) is 27.7 Å². The first-order valence-corrected chi connectivity index (χ1v) is 3.07. The summed E-state index contributed by atoms with van der Waals surface area (Å²) in [6.07, 6.45) is 0. The molecule has 0 aliphatic carbocycles. The van der Waals surface area contributed by atoms with E-state index in [0.717, 1.165) is 0 Å². The van der Waals surface area contributed by atoms with Crippen LogP contribution in [0.25, 0.3) is 0 Å². The molecule has 0 aliphatic heterocycles. The van der Waals surface area contributed by atoms with Gasteiger partial charge in [0.2, 0.25) is 7.41 Å². The van der Waals surface area contributed by atoms with E-state index in [1.54, 1.807) is 7.41 Å². The molecule has 0 atom stereocenters. The van der Waals surface area contributed by atoms with Gasteiger partial charge in [0, 0.05) is 0 Å². The Bertz CT molecular complexity index is 68.9. The summed E-state index contributed by atoms with van der Waals surface area (Å²) in [6, 6.07) is 0. The van der Waals surface area contributed by atoms with Crippen molar-refractivity contribution < 1.29 is 0 Å². The summed E-state index contributed by atoms with van der Waals surface area (Å²) >= 11 is 0. The molecule has 2 heteroatoms. The average molecular weight is 112 g/mol. The first kappa shape index (κ1) is 8.02. The minimum Gasteiger partial charge on any atom is -0.374 e. The largest absolute Gasteiger partial charge is 0.374 e. The van der Waals surface area contributed by atoms with Gasteiger partial charge < -0.3 is 5.64 Å². The summed E-state index contributed by atoms with van der Waals surface area (Å²) < 4.78 is 0. The first-order valence-electron chi connectivity index (χ1n) is 3.07. The Labute approximate surface area is 52.9 Å². The molecule has 2 N–H and O–H groups in total. The van der Waals surface area contributed by atoms with Crippen molar-refractivity contribution >= 4 is 7.41 Å². The maximum Gasteiger partial charge on any atom is 0.209 e. The van der Waals surface area contributed by atoms with Crippen LogP contribution in [0.3, 0.4) is 0 Å². The Hall–Kier alpha value is 0.0249. The van der Waals surface area contributed by atoms with Crippen LogP contribution in [-0.2, 0) is 0 Å². The van der Waals surface area contributed by atoms with E-state index in [0.29, 0.717) is 5.92 Å². The van der Waals surface area contributed by atoms with Crippen LogP contribution < -0.4 is 5.64 Å². The lowest BCUT2D eigenvalue weighted by Crippen LogP contribution is -2.26. The number of hydrogen-bond acceptors (Lipinski definition) is 1. The summed E-state index contributed by atoms with van der Waals surface area (Å²) in [6.45, 7) is 8.61. The minimum absolute atomic E-state index is 0.194. The molecule has 0 fully saturated rings. The van der Waals surface area contributed by atoms with E-state index >= 15 is 0 Å². The quantitative estimate of drug-likeness (QED) is 0.537. The summed E-state index contributed by atoms with van der Waals surface area (Å²) in [7, 11) is 1.76. The molecule has 0 amide bonds. The molecule has 1 radical (unpaired) electrons. The van der Waals surface area contributed by atoms with Crippen molar-refractivity contribution in [3.05, 3.63) is 0 Å². The Balaban J connectivity index is 3.71. The van der Waals surface area contributed by atoms with Crippen LogP contribution in [0.2, 0.25) is 5.31 Å². The van der Waals surface area contributed by atoms with Crippen molar-refractivity contribution in [2.75, 3.05) is 0 Å². The van der Waals surface area contributed by atoms with Crippen LogP contribution in [0.15, 0.2) is 0 Å². The molecule has 0 aromatic rings. The summed E-state index contributed by atoms with van der Waals surface area (Å²) in [5.41, 5.74) is 5.38. The Morgan fingerprint density at radius 2 is 1.75 bits per heavy atom. The van der Waals surface area contributed by atoms with Crippen molar-refractivity contribution in [1.82, 2.24) is 0 Å². The number of hydrogen-bond donors (Lipinski definition) is 1. The SMILES string of the molecule is CC(C)C(C)(C)[B]N. The molecule has 1 nitrogen and oxygen atoms in total. The minimum atomic E-state index is 0.194. The van der Waals surface area contributed by atoms with Gasteiger partial charge in [-0.1, -0.05) is 27.7 Å². The van der Waals surface area contributed by atoms with Crippen LogP contribution in [0.5, 0.6) is 0 Å². The zero-order chi connectivity index (χ0) is 6.78. The van der Waals surface area contributed by atoms with E-state index in [-0.39, 0.29) is 5.31 Å². The fourth-order valence-electron chi connectivity index (χ4n) is 0.192. The van der Waals surface area contributed by atoms with E-state index in [1.165, 1.54) is 0 Å². The fourth-order valence-corrected chi connectivity index (χ4v) is 0.192. The van der Waals surface area contributed by atoms with Crippen molar-refractivity contribution in [3.63, 3.8) is 0 Å². The van der Waals surface area contributed by atoms with Crippen molar-refractivity contribution in [2.24, 2.45) is 11.6 Å². The van der Waals surface area contributed by atoms with Gasteiger partial charge in [-0.15, -0.1) is 0 Å². The normalized spacial score (nSPS) is 12.2. The van der Waals surface area contributed by atoms with Gasteiger partial charge in [-0.3, -0.25) is 0 Å². The van der Waals surface area contributed by atoms with Gasteiger partial charge >= 0.3 is 0 Å². The third-order valence-electron chi connectivity index (χ3n) is 1.92. The Kier molecular flexibility index (Phi) is 2.55. The lowest BCUT2D eigenvalue weighted by molar-refractivity contribution is 0.473. The average Bonchev–Trinajstić information content (AvgIpc) is 1.67. The maximum absolute atomic E-state index is 5.38. The van der Waals surface area contributed by atoms with Crippen LogP contribution in [0.4, 0.5) is 0 Å². The molecular weight excluding hydrogens is 96.9 g/mol. The van der Waals surface area contributed by atoms with Gasteiger partial charge in [-0.2, -0.15) is 0 Å². The van der Waals surface area contributed by atoms with Gasteiger partial charge in [0.05, 0.1) is 0 Å². The summed E-state index contributed by atoms with van der Waals surface area (Å²) in [5, 5.41) is 0.194. The van der Waals surface area contributed by atoms with Gasteiger partial charge in [-0.05, 0) is 11.2 Å². The Morgan fingerprint density at radius 3 is 1.75 bits per heavy atom. The first-order chi connectivity index (χ1) is 3.50. The molecule has 0 aromatic carbocycles. The van der Waals surface area contributed by atoms with Crippen LogP contribution >= 0.6 is 0 Å². The van der Waals surface area contributed by atoms with E-state index in [9.17, 15) is 0 Å². The van der Waals surface area contributed by atoms with Gasteiger partial charge in [0.1, 0.15) is 0 Å². The molecule has 0 bridgehead atoms. The molecule has 0 heterocycles. The molecule has 8 heavy (non-hydrogen) atoms. The zero-order valence-electron chi connectivity index (χ0n) is 6.23. The summed E-state index contributed by atoms with van der Waals surface area (Å²) in [4.78, 5) is 0. The Morgan fingerprint density at radius 1 is 1.38 bits per heavy atom. The smallest absolute Gasteiger partial charge is 0.209 e. The molecule has 0 saturated heterocycles. The van der Waals surface area contributed by atoms with Gasteiger partial charge in [-0.25, -0.2) is 0 Å². The molecule has 0 saturated carbocycles. The van der Waals surface area contributed by atoms with E-state index < -0.39 is 0 Å². The predicted octanol–water partition coefficient (Wildman–Crippen LogP) is 1.42. The monoisotopic (exact) mass is 112 g/mol. The number of nitrogens with two attached hydrogens (primary N) is 1. The standard InChI is InChI=1S/C6H15BN/c1-5(2)6(3,4)7-8/h5H,8H2,1-4H3. The van der Waals surface area contributed by atoms with Gasteiger partial charge in [0.25, 0.3) is 0 Å². The lowest BCUT2D eigenvalue weighted by Gasteiger charge is -2.25. The van der Waals surface area contributed by atoms with E-state index in [1.807, 2.05) is 0 Å². The van der Waals surface area contributed by atoms with Crippen molar-refractivity contribution in [2.45, 2.75) is 33.0 Å². The predicted molar refractivity (Wildman–Crippen MR) is 38.8 cm³/mol. The highest BCUT2D eigenvalue weighted by Crippen LogP contribution is 2.30. The molecule has 0 aliphatic rings. The molecule has 0 rings (SSSR count). The second-order valence-electron chi connectivity index (χ2n) is 3.14. The highest BCUT2D eigenvalue weighted by molar-refractivity contribution is 6.35. The maximum atomic E-state index is 5.38. The van der Waals surface area contributed by atoms with Crippen LogP contribution in [0.1, 0.15) is 27.7 Å². The second-order valence-corrected chi connectivity index (χ2v) is 3.14. The molecular formula is C6H15BN. The van der Waals surface area contributed by atoms with Gasteiger partial charge in [0.15, 0.2) is 0 Å². The van der Waals surface area contributed by atoms with Crippen molar-refractivity contribution in [3.8, 4) is 0 Å². The molecule has 0 aromatic heterocycles. The molecule has 0 unspecified atom stereocenters. The van der Waals surface area contributed by atoms with E-state index in [4.69, 9.17) is 5.64 Å². The zero-order valence-corrected chi connectivity index (χ0v) is 6.23. The third kappa shape index (κ3) is 1.87. The van der Waals surface area contributed by atoms with Crippen molar-refractivity contribution in [1.29, 1.82) is 0 Å². The highest BCUT2D eigenvalue weighted by Gasteiger charge is 2.20. The fraction of sp³-hybridized carbons (Fsp3) is 1.00. The molecule has 47 valence electrons.